The number of anilines is 1. The van der Waals surface area contributed by atoms with Gasteiger partial charge in [0.25, 0.3) is 5.91 Å². The minimum absolute atomic E-state index is 0. The van der Waals surface area contributed by atoms with Crippen LogP contribution in [-0.2, 0) is 6.54 Å². The molecule has 0 radical (unpaired) electrons. The lowest BCUT2D eigenvalue weighted by molar-refractivity contribution is -0.693. The van der Waals surface area contributed by atoms with Gasteiger partial charge in [-0.2, -0.15) is 0 Å². The number of carbonyl (C=O) groups is 1. The van der Waals surface area contributed by atoms with Crippen molar-refractivity contribution >= 4 is 11.6 Å². The summed E-state index contributed by atoms with van der Waals surface area (Å²) in [6.45, 7) is 4.97. The van der Waals surface area contributed by atoms with E-state index in [1.165, 1.54) is 5.56 Å². The fraction of sp³-hybridized carbons (Fsp3) is 0.200. The maximum Gasteiger partial charge on any atom is 0.270 e. The van der Waals surface area contributed by atoms with Crippen molar-refractivity contribution in [2.75, 3.05) is 5.43 Å². The van der Waals surface area contributed by atoms with Gasteiger partial charge in [0.2, 0.25) is 0 Å². The Morgan fingerprint density at radius 2 is 1.70 bits per heavy atom. The molecule has 0 aliphatic heterocycles. The number of hydrazine groups is 1. The van der Waals surface area contributed by atoms with E-state index in [1.54, 1.807) is 12.1 Å². The zero-order valence-electron chi connectivity index (χ0n) is 11.6. The molecule has 0 saturated carbocycles. The molecule has 0 atom stereocenters. The number of halogens is 1. The monoisotopic (exact) mass is 291 g/mol. The molecular weight excluding hydrogens is 274 g/mol. The molecule has 1 aromatic heterocycles. The number of carbonyl (C=O) groups excluding carboxylic acids is 1. The van der Waals surface area contributed by atoms with Gasteiger partial charge in [-0.15, -0.1) is 0 Å². The van der Waals surface area contributed by atoms with Gasteiger partial charge in [0.1, 0.15) is 6.54 Å². The number of hydrogen-bond donors (Lipinski definition) is 2. The van der Waals surface area contributed by atoms with Crippen LogP contribution in [-0.4, -0.2) is 5.91 Å². The van der Waals surface area contributed by atoms with Crippen LogP contribution in [0.25, 0.3) is 0 Å². The van der Waals surface area contributed by atoms with Crippen molar-refractivity contribution in [3.05, 3.63) is 59.9 Å². The Kier molecular flexibility index (Phi) is 6.00. The van der Waals surface area contributed by atoms with Crippen molar-refractivity contribution in [2.24, 2.45) is 0 Å². The maximum absolute atomic E-state index is 11.9. The Morgan fingerprint density at radius 3 is 2.25 bits per heavy atom. The number of hydrogen-bond acceptors (Lipinski definition) is 2. The summed E-state index contributed by atoms with van der Waals surface area (Å²) in [5.41, 5.74) is 8.24. The lowest BCUT2D eigenvalue weighted by Crippen LogP contribution is -3.00. The van der Waals surface area contributed by atoms with Crippen molar-refractivity contribution < 1.29 is 21.8 Å². The predicted octanol–water partition coefficient (Wildman–Crippen LogP) is -0.937. The van der Waals surface area contributed by atoms with E-state index in [2.05, 4.69) is 17.8 Å². The molecule has 0 fully saturated rings. The highest BCUT2D eigenvalue weighted by atomic mass is 35.5. The second-order valence-electron chi connectivity index (χ2n) is 4.36. The Hall–Kier alpha value is -2.07. The quantitative estimate of drug-likeness (QED) is 0.564. The maximum atomic E-state index is 11.9. The summed E-state index contributed by atoms with van der Waals surface area (Å²) in [6, 6.07) is 11.4. The zero-order chi connectivity index (χ0) is 13.7. The van der Waals surface area contributed by atoms with Gasteiger partial charge in [-0.3, -0.25) is 15.6 Å². The Morgan fingerprint density at radius 1 is 1.10 bits per heavy atom. The summed E-state index contributed by atoms with van der Waals surface area (Å²) in [7, 11) is 0. The van der Waals surface area contributed by atoms with Gasteiger partial charge in [-0.25, -0.2) is 4.57 Å². The molecule has 0 bridgehead atoms. The van der Waals surface area contributed by atoms with Crippen LogP contribution in [0.2, 0.25) is 0 Å². The van der Waals surface area contributed by atoms with Crippen molar-refractivity contribution in [3.8, 4) is 0 Å². The molecule has 20 heavy (non-hydrogen) atoms. The summed E-state index contributed by atoms with van der Waals surface area (Å²) >= 11 is 0. The van der Waals surface area contributed by atoms with E-state index >= 15 is 0 Å². The minimum atomic E-state index is -0.149. The highest BCUT2D eigenvalue weighted by molar-refractivity contribution is 5.94. The first kappa shape index (κ1) is 16.0. The molecule has 1 aromatic carbocycles. The second kappa shape index (κ2) is 7.50. The topological polar surface area (TPSA) is 45.0 Å². The Balaban J connectivity index is 0.00000200. The molecule has 2 aromatic rings. The van der Waals surface area contributed by atoms with E-state index in [1.807, 2.05) is 48.1 Å². The van der Waals surface area contributed by atoms with Crippen LogP contribution in [0, 0.1) is 6.92 Å². The average molecular weight is 292 g/mol. The van der Waals surface area contributed by atoms with Gasteiger partial charge in [0, 0.05) is 12.1 Å². The van der Waals surface area contributed by atoms with Gasteiger partial charge in [0.15, 0.2) is 12.4 Å². The minimum Gasteiger partial charge on any atom is -1.00 e. The van der Waals surface area contributed by atoms with Crippen LogP contribution in [0.3, 0.4) is 0 Å². The van der Waals surface area contributed by atoms with Crippen molar-refractivity contribution in [1.82, 2.24) is 5.43 Å². The Bertz CT molecular complexity index is 552. The molecule has 0 aliphatic rings. The van der Waals surface area contributed by atoms with Crippen molar-refractivity contribution in [1.29, 1.82) is 0 Å². The summed E-state index contributed by atoms with van der Waals surface area (Å²) in [6.07, 6.45) is 3.78. The molecule has 1 heterocycles. The van der Waals surface area contributed by atoms with Crippen LogP contribution in [0.15, 0.2) is 48.8 Å². The summed E-state index contributed by atoms with van der Waals surface area (Å²) in [4.78, 5) is 11.9. The number of nitrogens with one attached hydrogen (secondary N) is 2. The third kappa shape index (κ3) is 4.24. The van der Waals surface area contributed by atoms with Crippen LogP contribution in [0.5, 0.6) is 0 Å². The summed E-state index contributed by atoms with van der Waals surface area (Å²) in [5, 5.41) is 0. The summed E-state index contributed by atoms with van der Waals surface area (Å²) < 4.78 is 2.00. The van der Waals surface area contributed by atoms with Crippen molar-refractivity contribution in [3.63, 3.8) is 0 Å². The molecular formula is C15H18ClN3O. The number of rotatable bonds is 4. The molecule has 5 heteroatoms. The summed E-state index contributed by atoms with van der Waals surface area (Å²) in [5.74, 6) is -0.149. The lowest BCUT2D eigenvalue weighted by Gasteiger charge is -2.08. The normalized spacial score (nSPS) is 9.50. The van der Waals surface area contributed by atoms with E-state index < -0.39 is 0 Å². The number of benzene rings is 1. The highest BCUT2D eigenvalue weighted by Crippen LogP contribution is 2.07. The van der Waals surface area contributed by atoms with Crippen molar-refractivity contribution in [2.45, 2.75) is 20.4 Å². The van der Waals surface area contributed by atoms with E-state index in [0.717, 1.165) is 12.2 Å². The van der Waals surface area contributed by atoms with E-state index in [9.17, 15) is 4.79 Å². The van der Waals surface area contributed by atoms with Gasteiger partial charge >= 0.3 is 0 Å². The third-order valence-electron chi connectivity index (χ3n) is 2.89. The third-order valence-corrected chi connectivity index (χ3v) is 2.89. The SMILES string of the molecule is CC[n+]1ccc(C(=O)NNc2ccc(C)cc2)cc1.[Cl-]. The molecule has 0 unspecified atom stereocenters. The molecule has 0 spiro atoms. The van der Waals surface area contributed by atoms with Gasteiger partial charge in [-0.05, 0) is 26.0 Å². The average Bonchev–Trinajstić information content (AvgIpc) is 2.46. The molecule has 1 amide bonds. The standard InChI is InChI=1S/C15H17N3O.ClH/c1-3-18-10-8-13(9-11-18)15(19)17-16-14-6-4-12(2)5-7-14;/h4-11,19H,3H2,1-2H3;1H. The van der Waals surface area contributed by atoms with Crippen LogP contribution < -0.4 is 27.8 Å². The molecule has 106 valence electrons. The number of pyridine rings is 1. The zero-order valence-corrected chi connectivity index (χ0v) is 12.3. The Labute approximate surface area is 125 Å². The van der Waals surface area contributed by atoms with Crippen LogP contribution >= 0.6 is 0 Å². The van der Waals surface area contributed by atoms with Gasteiger partial charge in [-0.1, -0.05) is 17.7 Å². The van der Waals surface area contributed by atoms with E-state index in [4.69, 9.17) is 0 Å². The molecule has 2 rings (SSSR count). The molecule has 0 aliphatic carbocycles. The van der Waals surface area contributed by atoms with E-state index in [-0.39, 0.29) is 18.3 Å². The van der Waals surface area contributed by atoms with Gasteiger partial charge < -0.3 is 12.4 Å². The highest BCUT2D eigenvalue weighted by Gasteiger charge is 2.06. The fourth-order valence-electron chi connectivity index (χ4n) is 1.66. The molecule has 4 nitrogen and oxygen atoms in total. The van der Waals surface area contributed by atoms with Crippen LogP contribution in [0.1, 0.15) is 22.8 Å². The first-order valence-corrected chi connectivity index (χ1v) is 6.31. The fourth-order valence-corrected chi connectivity index (χ4v) is 1.66. The number of aromatic nitrogens is 1. The first-order valence-electron chi connectivity index (χ1n) is 6.31. The largest absolute Gasteiger partial charge is 1.00 e. The first-order chi connectivity index (χ1) is 9.19. The van der Waals surface area contributed by atoms with Gasteiger partial charge in [0.05, 0.1) is 11.3 Å². The molecule has 2 N–H and O–H groups in total. The second-order valence-corrected chi connectivity index (χ2v) is 4.36. The lowest BCUT2D eigenvalue weighted by atomic mass is 10.2. The number of amides is 1. The van der Waals surface area contributed by atoms with E-state index in [0.29, 0.717) is 5.56 Å². The number of nitrogens with zero attached hydrogens (tertiary/aromatic N) is 1. The molecule has 0 saturated heterocycles. The number of aryl methyl sites for hydroxylation is 2. The van der Waals surface area contributed by atoms with Crippen LogP contribution in [0.4, 0.5) is 5.69 Å². The predicted molar refractivity (Wildman–Crippen MR) is 74.6 cm³/mol. The smallest absolute Gasteiger partial charge is 0.270 e.